The first-order valence-corrected chi connectivity index (χ1v) is 9.79. The highest BCUT2D eigenvalue weighted by molar-refractivity contribution is 7.99. The average molecular weight is 329 g/mol. The van der Waals surface area contributed by atoms with Crippen LogP contribution in [0.15, 0.2) is 5.38 Å². The largest absolute Gasteiger partial charge is 0.466 e. The van der Waals surface area contributed by atoms with Crippen molar-refractivity contribution < 1.29 is 9.53 Å². The van der Waals surface area contributed by atoms with E-state index < -0.39 is 0 Å². The van der Waals surface area contributed by atoms with Crippen LogP contribution in [-0.2, 0) is 16.0 Å². The topological polar surface area (TPSA) is 51.2 Å². The molecule has 0 radical (unpaired) electrons. The van der Waals surface area contributed by atoms with Crippen LogP contribution in [0, 0.1) is 0 Å². The van der Waals surface area contributed by atoms with E-state index in [0.717, 1.165) is 10.8 Å². The molecular weight excluding hydrogens is 304 g/mol. The van der Waals surface area contributed by atoms with E-state index in [1.807, 2.05) is 24.1 Å². The van der Waals surface area contributed by atoms with E-state index in [2.05, 4.69) is 16.6 Å². The maximum Gasteiger partial charge on any atom is 0.306 e. The van der Waals surface area contributed by atoms with Gasteiger partial charge in [-0.05, 0) is 26.0 Å². The third-order valence-corrected chi connectivity index (χ3v) is 5.75. The van der Waals surface area contributed by atoms with Gasteiger partial charge in [-0.3, -0.25) is 4.79 Å². The van der Waals surface area contributed by atoms with Crippen LogP contribution < -0.4 is 5.32 Å². The molecule has 2 rings (SSSR count). The SMILES string of the molecule is CCOC(=O)CCc1csc(NC2CCCCC2SC)n1. The Hall–Kier alpha value is -0.750. The molecule has 1 N–H and O–H groups in total. The van der Waals surface area contributed by atoms with Gasteiger partial charge in [0.05, 0.1) is 18.7 Å². The summed E-state index contributed by atoms with van der Waals surface area (Å²) < 4.78 is 4.94. The zero-order chi connectivity index (χ0) is 15.1. The second kappa shape index (κ2) is 8.63. The van der Waals surface area contributed by atoms with Crippen LogP contribution in [0.2, 0.25) is 0 Å². The third kappa shape index (κ3) is 5.18. The predicted molar refractivity (Wildman–Crippen MR) is 90.2 cm³/mol. The lowest BCUT2D eigenvalue weighted by Crippen LogP contribution is -2.34. The Morgan fingerprint density at radius 2 is 2.33 bits per heavy atom. The number of hydrogen-bond donors (Lipinski definition) is 1. The van der Waals surface area contributed by atoms with E-state index in [0.29, 0.717) is 30.7 Å². The number of carbonyl (C=O) groups excluding carboxylic acids is 1. The molecule has 1 fully saturated rings. The molecule has 0 amide bonds. The van der Waals surface area contributed by atoms with Crippen LogP contribution in [0.1, 0.15) is 44.7 Å². The second-order valence-corrected chi connectivity index (χ2v) is 7.19. The Kier molecular flexibility index (Phi) is 6.83. The number of ether oxygens (including phenoxy) is 1. The molecule has 2 atom stereocenters. The fourth-order valence-electron chi connectivity index (χ4n) is 2.65. The van der Waals surface area contributed by atoms with Crippen LogP contribution in [0.4, 0.5) is 5.13 Å². The summed E-state index contributed by atoms with van der Waals surface area (Å²) in [5.41, 5.74) is 0.979. The molecule has 1 aliphatic rings. The molecule has 21 heavy (non-hydrogen) atoms. The molecule has 2 unspecified atom stereocenters. The monoisotopic (exact) mass is 328 g/mol. The molecule has 0 bridgehead atoms. The third-order valence-electron chi connectivity index (χ3n) is 3.76. The molecule has 0 spiro atoms. The number of thiazole rings is 1. The number of hydrogen-bond acceptors (Lipinski definition) is 6. The Morgan fingerprint density at radius 1 is 1.52 bits per heavy atom. The molecule has 1 aromatic rings. The Balaban J connectivity index is 1.83. The quantitative estimate of drug-likeness (QED) is 0.773. The van der Waals surface area contributed by atoms with Crippen LogP contribution in [0.5, 0.6) is 0 Å². The highest BCUT2D eigenvalue weighted by Crippen LogP contribution is 2.30. The van der Waals surface area contributed by atoms with Crippen molar-refractivity contribution >= 4 is 34.2 Å². The van der Waals surface area contributed by atoms with E-state index in [1.54, 1.807) is 11.3 Å². The average Bonchev–Trinajstić information content (AvgIpc) is 2.94. The first-order chi connectivity index (χ1) is 10.2. The van der Waals surface area contributed by atoms with Gasteiger partial charge >= 0.3 is 5.97 Å². The van der Waals surface area contributed by atoms with Crippen molar-refractivity contribution in [2.24, 2.45) is 0 Å². The molecule has 1 saturated carbocycles. The number of nitrogens with one attached hydrogen (secondary N) is 1. The maximum absolute atomic E-state index is 11.4. The molecule has 0 aromatic carbocycles. The van der Waals surface area contributed by atoms with Crippen LogP contribution in [0.25, 0.3) is 0 Å². The van der Waals surface area contributed by atoms with E-state index in [1.165, 1.54) is 25.7 Å². The highest BCUT2D eigenvalue weighted by Gasteiger charge is 2.24. The zero-order valence-corrected chi connectivity index (χ0v) is 14.4. The van der Waals surface area contributed by atoms with Crippen molar-refractivity contribution in [3.05, 3.63) is 11.1 Å². The molecule has 1 aromatic heterocycles. The van der Waals surface area contributed by atoms with Gasteiger partial charge in [0.1, 0.15) is 0 Å². The number of aromatic nitrogens is 1. The van der Waals surface area contributed by atoms with Crippen molar-refractivity contribution in [1.82, 2.24) is 4.98 Å². The molecule has 1 aliphatic carbocycles. The van der Waals surface area contributed by atoms with Gasteiger partial charge in [-0.2, -0.15) is 11.8 Å². The van der Waals surface area contributed by atoms with Gasteiger partial charge in [0.2, 0.25) is 0 Å². The van der Waals surface area contributed by atoms with E-state index in [-0.39, 0.29) is 5.97 Å². The lowest BCUT2D eigenvalue weighted by atomic mass is 9.95. The summed E-state index contributed by atoms with van der Waals surface area (Å²) in [7, 11) is 0. The number of rotatable bonds is 7. The number of aryl methyl sites for hydroxylation is 1. The minimum Gasteiger partial charge on any atom is -0.466 e. The van der Waals surface area contributed by atoms with Gasteiger partial charge in [-0.15, -0.1) is 11.3 Å². The van der Waals surface area contributed by atoms with Gasteiger partial charge in [-0.1, -0.05) is 12.8 Å². The normalized spacial score (nSPS) is 22.0. The zero-order valence-electron chi connectivity index (χ0n) is 12.8. The molecule has 4 nitrogen and oxygen atoms in total. The molecule has 6 heteroatoms. The van der Waals surface area contributed by atoms with Gasteiger partial charge in [0, 0.05) is 23.1 Å². The minimum atomic E-state index is -0.144. The molecular formula is C15H24N2O2S2. The lowest BCUT2D eigenvalue weighted by molar-refractivity contribution is -0.143. The number of anilines is 1. The second-order valence-electron chi connectivity index (χ2n) is 5.26. The number of esters is 1. The van der Waals surface area contributed by atoms with Gasteiger partial charge in [0.25, 0.3) is 0 Å². The summed E-state index contributed by atoms with van der Waals surface area (Å²) in [6.07, 6.45) is 8.42. The standard InChI is InChI=1S/C15H24N2O2S2/c1-3-19-14(18)9-8-11-10-21-15(16-11)17-12-6-4-5-7-13(12)20-2/h10,12-13H,3-9H2,1-2H3,(H,16,17). The number of thioether (sulfide) groups is 1. The first kappa shape index (κ1) is 16.6. The Morgan fingerprint density at radius 3 is 3.10 bits per heavy atom. The van der Waals surface area contributed by atoms with Crippen LogP contribution in [-0.4, -0.2) is 35.1 Å². The summed E-state index contributed by atoms with van der Waals surface area (Å²) in [6, 6.07) is 0.526. The lowest BCUT2D eigenvalue weighted by Gasteiger charge is -2.30. The Bertz CT molecular complexity index is 451. The van der Waals surface area contributed by atoms with E-state index in [9.17, 15) is 4.79 Å². The molecule has 0 aliphatic heterocycles. The van der Waals surface area contributed by atoms with Crippen LogP contribution in [0.3, 0.4) is 0 Å². The minimum absolute atomic E-state index is 0.144. The van der Waals surface area contributed by atoms with Crippen molar-refractivity contribution in [3.8, 4) is 0 Å². The first-order valence-electron chi connectivity index (χ1n) is 7.62. The number of carbonyl (C=O) groups is 1. The highest BCUT2D eigenvalue weighted by atomic mass is 32.2. The van der Waals surface area contributed by atoms with E-state index in [4.69, 9.17) is 4.74 Å². The summed E-state index contributed by atoms with van der Waals surface area (Å²) in [6.45, 7) is 2.27. The fourth-order valence-corrected chi connectivity index (χ4v) is 4.40. The van der Waals surface area contributed by atoms with Crippen molar-refractivity contribution in [2.75, 3.05) is 18.2 Å². The van der Waals surface area contributed by atoms with E-state index >= 15 is 0 Å². The molecule has 118 valence electrons. The van der Waals surface area contributed by atoms with Gasteiger partial charge < -0.3 is 10.1 Å². The van der Waals surface area contributed by atoms with Crippen molar-refractivity contribution in [3.63, 3.8) is 0 Å². The maximum atomic E-state index is 11.4. The summed E-state index contributed by atoms with van der Waals surface area (Å²) in [5, 5.41) is 7.30. The number of nitrogens with zero attached hydrogens (tertiary/aromatic N) is 1. The summed E-state index contributed by atoms with van der Waals surface area (Å²) >= 11 is 3.59. The Labute approximate surface area is 135 Å². The predicted octanol–water partition coefficient (Wildman–Crippen LogP) is 3.72. The van der Waals surface area contributed by atoms with Gasteiger partial charge in [-0.25, -0.2) is 4.98 Å². The molecule has 1 heterocycles. The van der Waals surface area contributed by atoms with Gasteiger partial charge in [0.15, 0.2) is 5.13 Å². The smallest absolute Gasteiger partial charge is 0.306 e. The van der Waals surface area contributed by atoms with Crippen molar-refractivity contribution in [2.45, 2.75) is 56.7 Å². The van der Waals surface area contributed by atoms with Crippen molar-refractivity contribution in [1.29, 1.82) is 0 Å². The molecule has 0 saturated heterocycles. The van der Waals surface area contributed by atoms with Crippen LogP contribution >= 0.6 is 23.1 Å². The summed E-state index contributed by atoms with van der Waals surface area (Å²) in [4.78, 5) is 16.0. The fraction of sp³-hybridized carbons (Fsp3) is 0.733. The summed E-state index contributed by atoms with van der Waals surface area (Å²) in [5.74, 6) is -0.144.